The Morgan fingerprint density at radius 3 is 1.25 bits per heavy atom. The van der Waals surface area contributed by atoms with Crippen molar-refractivity contribution in [3.63, 3.8) is 0 Å². The zero-order chi connectivity index (χ0) is 2.71. The quantitative estimate of drug-likeness (QED) is 0.539. The molecule has 0 aliphatic carbocycles. The maximum absolute atomic E-state index is 4.26. The fraction of sp³-hybridized carbons (Fsp3) is 0. The third kappa shape index (κ3) is 10.1. The van der Waals surface area contributed by atoms with E-state index >= 15 is 0 Å². The molecule has 0 N–H and O–H groups in total. The summed E-state index contributed by atoms with van der Waals surface area (Å²) in [6, 6.07) is 0. The van der Waals surface area contributed by atoms with Gasteiger partial charge in [0, 0.05) is 0 Å². The molecule has 0 unspecified atom stereocenters. The normalized spacial score (nSPS) is 4.50. The second kappa shape index (κ2) is 8.84. The predicted molar refractivity (Wildman–Crippen MR) is 18.5 cm³/mol. The van der Waals surface area contributed by atoms with E-state index in [4.69, 9.17) is 0 Å². The SMILES string of the molecule is ClOCl.[Sb+3]. The minimum absolute atomic E-state index is 0. The van der Waals surface area contributed by atoms with Gasteiger partial charge in [-0.15, -0.1) is 0 Å². The molecular formula is Cl2OSb+3. The molecule has 0 bridgehead atoms. The van der Waals surface area contributed by atoms with Gasteiger partial charge in [0.15, 0.2) is 0 Å². The first-order chi connectivity index (χ1) is 1.41. The molecule has 0 aromatic carbocycles. The molecule has 1 nitrogen and oxygen atoms in total. The van der Waals surface area contributed by atoms with Crippen LogP contribution in [0.1, 0.15) is 0 Å². The molecule has 2 radical (unpaired) electrons. The molecule has 0 atom stereocenters. The number of rotatable bonds is 0. The molecule has 0 heterocycles. The first-order valence-corrected chi connectivity index (χ1v) is 0.926. The van der Waals surface area contributed by atoms with Crippen LogP contribution in [0.15, 0.2) is 0 Å². The molecule has 0 rings (SSSR count). The molecule has 0 aromatic heterocycles. The Morgan fingerprint density at radius 2 is 1.25 bits per heavy atom. The first kappa shape index (κ1) is 9.02. The molecular weight excluding hydrogens is 209 g/mol. The second-order valence-corrected chi connectivity index (χ2v) is 0.525. The van der Waals surface area contributed by atoms with E-state index in [-0.39, 0.29) is 24.4 Å². The van der Waals surface area contributed by atoms with Crippen LogP contribution in [0.25, 0.3) is 0 Å². The van der Waals surface area contributed by atoms with Crippen LogP contribution in [0.4, 0.5) is 0 Å². The fourth-order valence-corrected chi connectivity index (χ4v) is 0. The van der Waals surface area contributed by atoms with Crippen LogP contribution in [-0.2, 0) is 3.84 Å². The van der Waals surface area contributed by atoms with Crippen LogP contribution in [0.3, 0.4) is 0 Å². The molecule has 0 aliphatic heterocycles. The topological polar surface area (TPSA) is 9.23 Å². The van der Waals surface area contributed by atoms with Crippen molar-refractivity contribution in [3.05, 3.63) is 0 Å². The van der Waals surface area contributed by atoms with Gasteiger partial charge in [-0.3, -0.25) is 0 Å². The van der Waals surface area contributed by atoms with Crippen LogP contribution < -0.4 is 0 Å². The first-order valence-electron chi connectivity index (χ1n) is 0.309. The minimum atomic E-state index is 0. The van der Waals surface area contributed by atoms with Gasteiger partial charge in [0.05, 0.1) is 23.7 Å². The second-order valence-electron chi connectivity index (χ2n) is 0.0583. The molecule has 0 saturated heterocycles. The summed E-state index contributed by atoms with van der Waals surface area (Å²) in [6.07, 6.45) is 0. The van der Waals surface area contributed by atoms with E-state index in [1.807, 2.05) is 0 Å². The summed E-state index contributed by atoms with van der Waals surface area (Å²) in [4.78, 5) is 0. The van der Waals surface area contributed by atoms with Gasteiger partial charge in [0.2, 0.25) is 0 Å². The van der Waals surface area contributed by atoms with E-state index in [1.54, 1.807) is 0 Å². The Balaban J connectivity index is 0. The Hall–Kier alpha value is 1.36. The molecule has 0 saturated carbocycles. The molecule has 0 fully saturated rings. The van der Waals surface area contributed by atoms with Gasteiger partial charge in [0.1, 0.15) is 0 Å². The average Bonchev–Trinajstić information content (AvgIpc) is 0.918. The van der Waals surface area contributed by atoms with Crippen molar-refractivity contribution in [2.24, 2.45) is 0 Å². The van der Waals surface area contributed by atoms with Crippen molar-refractivity contribution in [2.45, 2.75) is 0 Å². The maximum Gasteiger partial charge on any atom is 3.00 e. The minimum Gasteiger partial charge on any atom is -0.166 e. The van der Waals surface area contributed by atoms with Crippen molar-refractivity contribution in [1.82, 2.24) is 0 Å². The molecule has 22 valence electrons. The zero-order valence-electron chi connectivity index (χ0n) is 1.61. The Kier molecular flexibility index (Phi) is 19.9. The third-order valence-electron chi connectivity index (χ3n) is 0. The predicted octanol–water partition coefficient (Wildman–Crippen LogP) is 0.930. The Morgan fingerprint density at radius 1 is 1.25 bits per heavy atom. The van der Waals surface area contributed by atoms with E-state index in [0.717, 1.165) is 0 Å². The van der Waals surface area contributed by atoms with Gasteiger partial charge in [-0.25, -0.2) is 0 Å². The molecule has 0 aliphatic rings. The Labute approximate surface area is 52.0 Å². The van der Waals surface area contributed by atoms with Crippen molar-refractivity contribution < 1.29 is 3.84 Å². The summed E-state index contributed by atoms with van der Waals surface area (Å²) < 4.78 is 3.19. The van der Waals surface area contributed by atoms with Crippen LogP contribution in [0.2, 0.25) is 0 Å². The van der Waals surface area contributed by atoms with Crippen molar-refractivity contribution in [2.75, 3.05) is 0 Å². The van der Waals surface area contributed by atoms with Crippen LogP contribution >= 0.6 is 23.7 Å². The Bertz CT molecular complexity index is 6.00. The summed E-state index contributed by atoms with van der Waals surface area (Å²) in [6.45, 7) is 0. The van der Waals surface area contributed by atoms with E-state index in [0.29, 0.717) is 0 Å². The fourth-order valence-electron chi connectivity index (χ4n) is 0. The summed E-state index contributed by atoms with van der Waals surface area (Å²) in [7, 11) is 0. The maximum atomic E-state index is 4.26. The molecule has 4 heteroatoms. The third-order valence-corrected chi connectivity index (χ3v) is 0. The van der Waals surface area contributed by atoms with Crippen molar-refractivity contribution in [1.29, 1.82) is 0 Å². The van der Waals surface area contributed by atoms with Gasteiger partial charge in [-0.1, -0.05) is 0 Å². The largest absolute Gasteiger partial charge is 3.00 e. The number of halogens is 2. The van der Waals surface area contributed by atoms with Crippen molar-refractivity contribution >= 4 is 48.2 Å². The molecule has 0 aromatic rings. The monoisotopic (exact) mass is 207 g/mol. The van der Waals surface area contributed by atoms with Crippen molar-refractivity contribution in [3.8, 4) is 0 Å². The zero-order valence-corrected chi connectivity index (χ0v) is 5.68. The van der Waals surface area contributed by atoms with Gasteiger partial charge < -0.3 is 0 Å². The van der Waals surface area contributed by atoms with Crippen LogP contribution in [0.5, 0.6) is 0 Å². The number of hydrogen-bond acceptors (Lipinski definition) is 1. The molecule has 4 heavy (non-hydrogen) atoms. The van der Waals surface area contributed by atoms with Crippen LogP contribution in [0, 0.1) is 0 Å². The molecule has 0 amide bonds. The van der Waals surface area contributed by atoms with Gasteiger partial charge >= 0.3 is 24.4 Å². The van der Waals surface area contributed by atoms with Gasteiger partial charge in [0.25, 0.3) is 0 Å². The van der Waals surface area contributed by atoms with Gasteiger partial charge in [-0.2, -0.15) is 3.84 Å². The van der Waals surface area contributed by atoms with E-state index in [2.05, 4.69) is 27.6 Å². The summed E-state index contributed by atoms with van der Waals surface area (Å²) in [5.74, 6) is 0. The summed E-state index contributed by atoms with van der Waals surface area (Å²) in [5, 5.41) is 0. The average molecular weight is 209 g/mol. The standard InChI is InChI=1S/Cl2O.Sb/c1-3-2;/q;+3. The van der Waals surface area contributed by atoms with Crippen LogP contribution in [-0.4, -0.2) is 24.4 Å². The van der Waals surface area contributed by atoms with E-state index in [1.165, 1.54) is 0 Å². The molecule has 0 spiro atoms. The summed E-state index contributed by atoms with van der Waals surface area (Å²) >= 11 is 8.53. The number of hydrogen-bond donors (Lipinski definition) is 0. The van der Waals surface area contributed by atoms with E-state index in [9.17, 15) is 0 Å². The van der Waals surface area contributed by atoms with E-state index < -0.39 is 0 Å². The van der Waals surface area contributed by atoms with Gasteiger partial charge in [-0.05, 0) is 0 Å². The summed E-state index contributed by atoms with van der Waals surface area (Å²) in [5.41, 5.74) is 0. The smallest absolute Gasteiger partial charge is 0.166 e.